The van der Waals surface area contributed by atoms with Crippen molar-refractivity contribution in [3.8, 4) is 16.9 Å². The molecule has 21 heavy (non-hydrogen) atoms. The Morgan fingerprint density at radius 3 is 2.62 bits per heavy atom. The zero-order valence-corrected chi connectivity index (χ0v) is 11.6. The molecule has 0 bridgehead atoms. The number of carboxylic acids is 1. The van der Waals surface area contributed by atoms with Crippen molar-refractivity contribution in [3.63, 3.8) is 0 Å². The van der Waals surface area contributed by atoms with Gasteiger partial charge in [0, 0.05) is 12.6 Å². The summed E-state index contributed by atoms with van der Waals surface area (Å²) in [6.45, 7) is 1.86. The maximum Gasteiger partial charge on any atom is 0.356 e. The fourth-order valence-corrected chi connectivity index (χ4v) is 2.14. The highest BCUT2D eigenvalue weighted by molar-refractivity contribution is 5.87. The number of carbonyl (C=O) groups is 1. The third-order valence-corrected chi connectivity index (χ3v) is 3.10. The smallest absolute Gasteiger partial charge is 0.356 e. The molecule has 0 aliphatic heterocycles. The highest BCUT2D eigenvalue weighted by atomic mass is 16.4. The van der Waals surface area contributed by atoms with Crippen LogP contribution in [0.5, 0.6) is 0 Å². The van der Waals surface area contributed by atoms with Gasteiger partial charge in [-0.15, -0.1) is 0 Å². The number of aromatic nitrogens is 5. The van der Waals surface area contributed by atoms with E-state index in [-0.39, 0.29) is 5.69 Å². The van der Waals surface area contributed by atoms with Gasteiger partial charge in [-0.05, 0) is 19.1 Å². The molecular weight excluding hydrogens is 270 g/mol. The second-order valence-corrected chi connectivity index (χ2v) is 4.64. The van der Waals surface area contributed by atoms with Crippen LogP contribution in [0.2, 0.25) is 0 Å². The van der Waals surface area contributed by atoms with Gasteiger partial charge in [-0.2, -0.15) is 20.1 Å². The summed E-state index contributed by atoms with van der Waals surface area (Å²) in [4.78, 5) is 12.6. The van der Waals surface area contributed by atoms with E-state index in [2.05, 4.69) is 15.3 Å². The monoisotopic (exact) mass is 283 g/mol. The number of aryl methyl sites for hydroxylation is 2. The highest BCUT2D eigenvalue weighted by Gasteiger charge is 2.16. The normalized spacial score (nSPS) is 10.8. The molecule has 0 radical (unpaired) electrons. The number of hydrogen-bond acceptors (Lipinski definition) is 4. The zero-order valence-electron chi connectivity index (χ0n) is 11.6. The molecule has 0 atom stereocenters. The quantitative estimate of drug-likeness (QED) is 0.790. The molecule has 2 aromatic heterocycles. The molecule has 0 unspecified atom stereocenters. The summed E-state index contributed by atoms with van der Waals surface area (Å²) in [5.74, 6) is -1.05. The minimum atomic E-state index is -1.05. The predicted molar refractivity (Wildman–Crippen MR) is 75.3 cm³/mol. The lowest BCUT2D eigenvalue weighted by Crippen LogP contribution is -2.03. The van der Waals surface area contributed by atoms with Gasteiger partial charge in [0.05, 0.1) is 23.3 Å². The number of para-hydroxylation sites is 1. The van der Waals surface area contributed by atoms with Crippen LogP contribution in [0.15, 0.2) is 36.5 Å². The minimum absolute atomic E-state index is 0.00640. The van der Waals surface area contributed by atoms with Crippen LogP contribution in [-0.2, 0) is 7.05 Å². The van der Waals surface area contributed by atoms with Crippen molar-refractivity contribution in [2.24, 2.45) is 7.05 Å². The van der Waals surface area contributed by atoms with Crippen molar-refractivity contribution in [1.29, 1.82) is 0 Å². The molecule has 2 heterocycles. The molecule has 0 aliphatic carbocycles. The molecule has 7 heteroatoms. The Morgan fingerprint density at radius 2 is 2.00 bits per heavy atom. The largest absolute Gasteiger partial charge is 0.476 e. The van der Waals surface area contributed by atoms with Gasteiger partial charge in [-0.1, -0.05) is 18.2 Å². The van der Waals surface area contributed by atoms with Crippen molar-refractivity contribution >= 4 is 5.97 Å². The molecule has 3 aromatic rings. The molecule has 0 aliphatic rings. The Balaban J connectivity index is 2.17. The summed E-state index contributed by atoms with van der Waals surface area (Å²) in [7, 11) is 1.71. The van der Waals surface area contributed by atoms with Crippen LogP contribution in [0.3, 0.4) is 0 Å². The van der Waals surface area contributed by atoms with Crippen molar-refractivity contribution in [3.05, 3.63) is 47.9 Å². The third kappa shape index (κ3) is 2.29. The lowest BCUT2D eigenvalue weighted by Gasteiger charge is -2.08. The van der Waals surface area contributed by atoms with E-state index in [0.29, 0.717) is 5.69 Å². The van der Waals surface area contributed by atoms with Crippen LogP contribution >= 0.6 is 0 Å². The molecule has 0 fully saturated rings. The highest BCUT2D eigenvalue weighted by Crippen LogP contribution is 2.26. The molecule has 0 saturated carbocycles. The van der Waals surface area contributed by atoms with E-state index in [1.165, 1.54) is 10.9 Å². The number of aromatic carboxylic acids is 1. The number of hydrogen-bond donors (Lipinski definition) is 1. The Bertz CT molecular complexity index is 818. The van der Waals surface area contributed by atoms with Crippen molar-refractivity contribution < 1.29 is 9.90 Å². The van der Waals surface area contributed by atoms with Gasteiger partial charge in [0.15, 0.2) is 5.69 Å². The average molecular weight is 283 g/mol. The van der Waals surface area contributed by atoms with Crippen molar-refractivity contribution in [2.45, 2.75) is 6.92 Å². The molecule has 0 spiro atoms. The Kier molecular flexibility index (Phi) is 3.02. The fraction of sp³-hybridized carbons (Fsp3) is 0.143. The van der Waals surface area contributed by atoms with Crippen LogP contribution in [-0.4, -0.2) is 35.9 Å². The second-order valence-electron chi connectivity index (χ2n) is 4.64. The van der Waals surface area contributed by atoms with Crippen LogP contribution < -0.4 is 0 Å². The van der Waals surface area contributed by atoms with Gasteiger partial charge >= 0.3 is 5.97 Å². The minimum Gasteiger partial charge on any atom is -0.476 e. The van der Waals surface area contributed by atoms with E-state index >= 15 is 0 Å². The number of nitrogens with zero attached hydrogens (tertiary/aromatic N) is 5. The molecule has 0 saturated heterocycles. The molecule has 7 nitrogen and oxygen atoms in total. The molecule has 3 rings (SSSR count). The molecule has 1 aromatic carbocycles. The standard InChI is InChI=1S/C14H13N5O2/c1-9-8-15-19(16-9)12-6-4-3-5-10(12)13-7-11(14(20)21)17-18(13)2/h3-8H,1-2H3,(H,20,21). The average Bonchev–Trinajstić information content (AvgIpc) is 3.05. The lowest BCUT2D eigenvalue weighted by molar-refractivity contribution is 0.0689. The molecule has 0 amide bonds. The van der Waals surface area contributed by atoms with Gasteiger partial charge in [-0.3, -0.25) is 4.68 Å². The topological polar surface area (TPSA) is 85.8 Å². The van der Waals surface area contributed by atoms with Crippen LogP contribution in [0.4, 0.5) is 0 Å². The first kappa shape index (κ1) is 13.0. The zero-order chi connectivity index (χ0) is 15.0. The van der Waals surface area contributed by atoms with Crippen LogP contribution in [0.25, 0.3) is 16.9 Å². The third-order valence-electron chi connectivity index (χ3n) is 3.10. The van der Waals surface area contributed by atoms with Gasteiger partial charge in [0.25, 0.3) is 0 Å². The SMILES string of the molecule is Cc1cnn(-c2ccccc2-c2cc(C(=O)O)nn2C)n1. The summed E-state index contributed by atoms with van der Waals surface area (Å²) >= 11 is 0. The summed E-state index contributed by atoms with van der Waals surface area (Å²) in [5, 5.41) is 21.5. The predicted octanol–water partition coefficient (Wildman–Crippen LogP) is 1.67. The van der Waals surface area contributed by atoms with Crippen LogP contribution in [0.1, 0.15) is 16.2 Å². The number of carboxylic acid groups (broad SMARTS) is 1. The first-order chi connectivity index (χ1) is 10.1. The maximum atomic E-state index is 11.1. The molecule has 1 N–H and O–H groups in total. The number of rotatable bonds is 3. The summed E-state index contributed by atoms with van der Waals surface area (Å²) in [5.41, 5.74) is 3.09. The van der Waals surface area contributed by atoms with Gasteiger partial charge in [0.2, 0.25) is 0 Å². The van der Waals surface area contributed by atoms with E-state index in [1.54, 1.807) is 17.9 Å². The summed E-state index contributed by atoms with van der Waals surface area (Å²) in [6.07, 6.45) is 1.67. The van der Waals surface area contributed by atoms with E-state index in [0.717, 1.165) is 16.9 Å². The Labute approximate surface area is 120 Å². The lowest BCUT2D eigenvalue weighted by atomic mass is 10.1. The summed E-state index contributed by atoms with van der Waals surface area (Å²) < 4.78 is 1.54. The summed E-state index contributed by atoms with van der Waals surface area (Å²) in [6, 6.07) is 9.06. The molecule has 106 valence electrons. The van der Waals surface area contributed by atoms with E-state index in [1.807, 2.05) is 31.2 Å². The van der Waals surface area contributed by atoms with E-state index in [9.17, 15) is 4.79 Å². The van der Waals surface area contributed by atoms with Gasteiger partial charge in [-0.25, -0.2) is 4.79 Å². The first-order valence-corrected chi connectivity index (χ1v) is 6.32. The van der Waals surface area contributed by atoms with Gasteiger partial charge in [0.1, 0.15) is 0 Å². The fourth-order valence-electron chi connectivity index (χ4n) is 2.14. The van der Waals surface area contributed by atoms with Gasteiger partial charge < -0.3 is 5.11 Å². The van der Waals surface area contributed by atoms with E-state index in [4.69, 9.17) is 5.11 Å². The number of benzene rings is 1. The van der Waals surface area contributed by atoms with Crippen molar-refractivity contribution in [2.75, 3.05) is 0 Å². The van der Waals surface area contributed by atoms with Crippen molar-refractivity contribution in [1.82, 2.24) is 24.8 Å². The Morgan fingerprint density at radius 1 is 1.24 bits per heavy atom. The van der Waals surface area contributed by atoms with E-state index < -0.39 is 5.97 Å². The molecular formula is C14H13N5O2. The van der Waals surface area contributed by atoms with Crippen LogP contribution in [0, 0.1) is 6.92 Å². The Hall–Kier alpha value is -2.96. The second kappa shape index (κ2) is 4.86. The maximum absolute atomic E-state index is 11.1. The first-order valence-electron chi connectivity index (χ1n) is 6.32.